The second-order valence-corrected chi connectivity index (χ2v) is 8.82. The van der Waals surface area contributed by atoms with Gasteiger partial charge < -0.3 is 9.64 Å². The number of likely N-dealkylation sites (tertiary alicyclic amines) is 1. The average molecular weight is 429 g/mol. The van der Waals surface area contributed by atoms with Gasteiger partial charge in [0.1, 0.15) is 0 Å². The highest BCUT2D eigenvalue weighted by atomic mass is 16.5. The van der Waals surface area contributed by atoms with Crippen molar-refractivity contribution in [2.45, 2.75) is 31.5 Å². The lowest BCUT2D eigenvalue weighted by Gasteiger charge is -2.42. The van der Waals surface area contributed by atoms with Crippen LogP contribution < -0.4 is 0 Å². The maximum atomic E-state index is 13.9. The molecule has 6 nitrogen and oxygen atoms in total. The van der Waals surface area contributed by atoms with Gasteiger partial charge in [-0.05, 0) is 41.8 Å². The molecule has 2 unspecified atom stereocenters. The van der Waals surface area contributed by atoms with Crippen LogP contribution in [0.4, 0.5) is 0 Å². The van der Waals surface area contributed by atoms with E-state index in [1.807, 2.05) is 29.3 Å². The van der Waals surface area contributed by atoms with Crippen molar-refractivity contribution in [3.05, 3.63) is 95.6 Å². The Labute approximate surface area is 188 Å². The smallest absolute Gasteiger partial charge is 0.257 e. The molecule has 0 saturated carbocycles. The zero-order chi connectivity index (χ0) is 22.0. The van der Waals surface area contributed by atoms with Crippen molar-refractivity contribution in [1.82, 2.24) is 19.8 Å². The molecule has 5 rings (SSSR count). The Bertz CT molecular complexity index is 1080. The molecule has 2 saturated heterocycles. The van der Waals surface area contributed by atoms with Crippen molar-refractivity contribution in [2.75, 3.05) is 26.2 Å². The van der Waals surface area contributed by atoms with Crippen LogP contribution in [0.25, 0.3) is 0 Å². The summed E-state index contributed by atoms with van der Waals surface area (Å²) in [6.07, 6.45) is 7.19. The second-order valence-electron chi connectivity index (χ2n) is 8.82. The third-order valence-electron chi connectivity index (χ3n) is 6.53. The number of carbonyl (C=O) groups is 1. The molecule has 164 valence electrons. The van der Waals surface area contributed by atoms with Crippen molar-refractivity contribution in [3.8, 4) is 0 Å². The number of rotatable bonds is 5. The Balaban J connectivity index is 1.45. The zero-order valence-corrected chi connectivity index (χ0v) is 18.4. The molecule has 1 aromatic carbocycles. The summed E-state index contributed by atoms with van der Waals surface area (Å²) in [6.45, 7) is 5.94. The summed E-state index contributed by atoms with van der Waals surface area (Å²) in [5.74, 6) is 0.00917. The fourth-order valence-corrected chi connectivity index (χ4v) is 5.05. The van der Waals surface area contributed by atoms with E-state index in [-0.39, 0.29) is 11.8 Å². The number of morpholine rings is 1. The van der Waals surface area contributed by atoms with Crippen molar-refractivity contribution in [1.29, 1.82) is 0 Å². The maximum Gasteiger partial charge on any atom is 0.257 e. The number of amides is 1. The van der Waals surface area contributed by atoms with Crippen LogP contribution in [0.3, 0.4) is 0 Å². The lowest BCUT2D eigenvalue weighted by molar-refractivity contribution is -0.173. The van der Waals surface area contributed by atoms with E-state index in [1.54, 1.807) is 18.6 Å². The molecule has 2 fully saturated rings. The minimum Gasteiger partial charge on any atom is -0.361 e. The summed E-state index contributed by atoms with van der Waals surface area (Å²) < 4.78 is 6.39. The third-order valence-corrected chi connectivity index (χ3v) is 6.53. The van der Waals surface area contributed by atoms with Crippen molar-refractivity contribution in [3.63, 3.8) is 0 Å². The normalized spacial score (nSPS) is 23.7. The van der Waals surface area contributed by atoms with Gasteiger partial charge in [0.05, 0.1) is 6.61 Å². The first-order chi connectivity index (χ1) is 15.6. The summed E-state index contributed by atoms with van der Waals surface area (Å²) >= 11 is 0. The van der Waals surface area contributed by atoms with Gasteiger partial charge in [-0.3, -0.25) is 19.7 Å². The largest absolute Gasteiger partial charge is 0.361 e. The van der Waals surface area contributed by atoms with Gasteiger partial charge in [0.2, 0.25) is 0 Å². The number of ether oxygens (including phenoxy) is 1. The molecule has 3 aromatic rings. The molecule has 1 amide bonds. The molecule has 4 heterocycles. The van der Waals surface area contributed by atoms with Gasteiger partial charge in [0.15, 0.2) is 5.60 Å². The van der Waals surface area contributed by atoms with Crippen LogP contribution in [-0.2, 0) is 22.6 Å². The lowest BCUT2D eigenvalue weighted by atomic mass is 9.83. The van der Waals surface area contributed by atoms with E-state index in [2.05, 4.69) is 52.1 Å². The van der Waals surface area contributed by atoms with E-state index >= 15 is 0 Å². The maximum absolute atomic E-state index is 13.9. The van der Waals surface area contributed by atoms with Gasteiger partial charge in [0, 0.05) is 63.4 Å². The molecule has 2 atom stereocenters. The third kappa shape index (κ3) is 4.04. The van der Waals surface area contributed by atoms with Crippen molar-refractivity contribution >= 4 is 5.91 Å². The van der Waals surface area contributed by atoms with E-state index < -0.39 is 5.60 Å². The summed E-state index contributed by atoms with van der Waals surface area (Å²) in [7, 11) is 0. The number of hydrogen-bond acceptors (Lipinski definition) is 5. The van der Waals surface area contributed by atoms with Crippen LogP contribution in [-0.4, -0.2) is 57.5 Å². The molecule has 2 aliphatic rings. The quantitative estimate of drug-likeness (QED) is 0.625. The number of hydrogen-bond donors (Lipinski definition) is 0. The molecule has 0 radical (unpaired) electrons. The topological polar surface area (TPSA) is 58.6 Å². The molecule has 0 N–H and O–H groups in total. The number of benzene rings is 1. The zero-order valence-electron chi connectivity index (χ0n) is 18.4. The predicted molar refractivity (Wildman–Crippen MR) is 122 cm³/mol. The van der Waals surface area contributed by atoms with Crippen molar-refractivity contribution < 1.29 is 9.53 Å². The Morgan fingerprint density at radius 1 is 1.03 bits per heavy atom. The molecule has 1 spiro atoms. The number of aryl methyl sites for hydroxylation is 1. The SMILES string of the molecule is Cc1cccc(CN2CC(c3cccnc3)C3(C2)OCCN(Cc2ccncc2)C3=O)c1. The number of pyridine rings is 2. The average Bonchev–Trinajstić information content (AvgIpc) is 3.17. The Hall–Kier alpha value is -3.09. The van der Waals surface area contributed by atoms with Crippen molar-refractivity contribution in [2.24, 2.45) is 0 Å². The Kier molecular flexibility index (Phi) is 5.72. The fraction of sp³-hybridized carbons (Fsp3) is 0.346. The van der Waals surface area contributed by atoms with Crippen LogP contribution in [0.15, 0.2) is 73.3 Å². The Morgan fingerprint density at radius 2 is 1.91 bits per heavy atom. The molecule has 6 heteroatoms. The van der Waals surface area contributed by atoms with Gasteiger partial charge in [-0.25, -0.2) is 0 Å². The van der Waals surface area contributed by atoms with E-state index in [0.29, 0.717) is 26.2 Å². The second kappa shape index (κ2) is 8.81. The van der Waals surface area contributed by atoms with E-state index in [4.69, 9.17) is 4.74 Å². The molecule has 0 aliphatic carbocycles. The van der Waals surface area contributed by atoms with Crippen LogP contribution in [0.2, 0.25) is 0 Å². The number of carbonyl (C=O) groups excluding carboxylic acids is 1. The van der Waals surface area contributed by atoms with Crippen LogP contribution in [0.1, 0.15) is 28.2 Å². The predicted octanol–water partition coefficient (Wildman–Crippen LogP) is 3.18. The van der Waals surface area contributed by atoms with Crippen LogP contribution in [0, 0.1) is 6.92 Å². The first kappa shape index (κ1) is 20.8. The highest BCUT2D eigenvalue weighted by Crippen LogP contribution is 2.42. The number of aromatic nitrogens is 2. The van der Waals surface area contributed by atoms with Gasteiger partial charge in [0.25, 0.3) is 5.91 Å². The number of nitrogens with zero attached hydrogens (tertiary/aromatic N) is 4. The molecule has 0 bridgehead atoms. The minimum absolute atomic E-state index is 0.0613. The summed E-state index contributed by atoms with van der Waals surface area (Å²) in [6, 6.07) is 16.5. The lowest BCUT2D eigenvalue weighted by Crippen LogP contribution is -2.59. The van der Waals surface area contributed by atoms with Gasteiger partial charge in [-0.2, -0.15) is 0 Å². The summed E-state index contributed by atoms with van der Waals surface area (Å²) in [4.78, 5) is 26.6. The molecular formula is C26H28N4O2. The highest BCUT2D eigenvalue weighted by Gasteiger charge is 2.56. The van der Waals surface area contributed by atoms with E-state index in [9.17, 15) is 4.79 Å². The van der Waals surface area contributed by atoms with E-state index in [1.165, 1.54) is 11.1 Å². The first-order valence-corrected chi connectivity index (χ1v) is 11.1. The molecular weight excluding hydrogens is 400 g/mol. The summed E-state index contributed by atoms with van der Waals surface area (Å²) in [5, 5.41) is 0. The van der Waals surface area contributed by atoms with Crippen LogP contribution >= 0.6 is 0 Å². The monoisotopic (exact) mass is 428 g/mol. The van der Waals surface area contributed by atoms with Gasteiger partial charge in [-0.15, -0.1) is 0 Å². The fourth-order valence-electron chi connectivity index (χ4n) is 5.05. The van der Waals surface area contributed by atoms with E-state index in [0.717, 1.165) is 24.2 Å². The Morgan fingerprint density at radius 3 is 2.69 bits per heavy atom. The highest BCUT2D eigenvalue weighted by molar-refractivity contribution is 5.88. The van der Waals surface area contributed by atoms with Crippen LogP contribution in [0.5, 0.6) is 0 Å². The van der Waals surface area contributed by atoms with Gasteiger partial charge >= 0.3 is 0 Å². The standard InChI is InChI=1S/C26H28N4O2/c1-20-4-2-5-22(14-20)16-29-18-24(23-6-3-9-28-15-23)26(19-29)25(31)30(12-13-32-26)17-21-7-10-27-11-8-21/h2-11,14-15,24H,12-13,16-19H2,1H3. The summed E-state index contributed by atoms with van der Waals surface area (Å²) in [5.41, 5.74) is 3.74. The molecule has 32 heavy (non-hydrogen) atoms. The minimum atomic E-state index is -0.891. The van der Waals surface area contributed by atoms with Gasteiger partial charge in [-0.1, -0.05) is 35.9 Å². The first-order valence-electron chi connectivity index (χ1n) is 11.1. The molecule has 2 aromatic heterocycles. The molecule has 2 aliphatic heterocycles.